The third kappa shape index (κ3) is 6.33. The van der Waals surface area contributed by atoms with E-state index in [1.807, 2.05) is 13.8 Å². The molecule has 4 rings (SSSR count). The summed E-state index contributed by atoms with van der Waals surface area (Å²) in [5.74, 6) is -1.03. The first kappa shape index (κ1) is 28.0. The smallest absolute Gasteiger partial charge is 0.487 e. The fourth-order valence-corrected chi connectivity index (χ4v) is 5.51. The highest BCUT2D eigenvalue weighted by molar-refractivity contribution is 5.99. The van der Waals surface area contributed by atoms with Crippen molar-refractivity contribution >= 4 is 17.8 Å². The number of ether oxygens (including phenoxy) is 3. The van der Waals surface area contributed by atoms with Crippen LogP contribution in [0.5, 0.6) is 11.5 Å². The summed E-state index contributed by atoms with van der Waals surface area (Å²) in [6.45, 7) is 7.70. The second-order valence-electron chi connectivity index (χ2n) is 11.5. The molecule has 38 heavy (non-hydrogen) atoms. The summed E-state index contributed by atoms with van der Waals surface area (Å²) in [6, 6.07) is 3.03. The molecule has 0 spiro atoms. The number of benzene rings is 1. The molecular weight excluding hydrogens is 505 g/mol. The number of amides is 2. The summed E-state index contributed by atoms with van der Waals surface area (Å²) in [6.07, 6.45) is -3.14. The fraction of sp³-hybridized carbons (Fsp3) is 0.654. The van der Waals surface area contributed by atoms with Crippen molar-refractivity contribution in [3.63, 3.8) is 0 Å². The molecule has 2 aliphatic heterocycles. The Balaban J connectivity index is 1.49. The van der Waals surface area contributed by atoms with Crippen LogP contribution in [0.3, 0.4) is 0 Å². The first-order chi connectivity index (χ1) is 17.6. The van der Waals surface area contributed by atoms with Crippen LogP contribution in [0.25, 0.3) is 0 Å². The van der Waals surface area contributed by atoms with E-state index in [0.717, 1.165) is 0 Å². The van der Waals surface area contributed by atoms with E-state index in [1.165, 1.54) is 23.1 Å². The van der Waals surface area contributed by atoms with E-state index in [1.54, 1.807) is 21.0 Å². The maximum atomic E-state index is 13.4. The number of carbonyl (C=O) groups is 2. The lowest BCUT2D eigenvalue weighted by atomic mass is 9.89. The van der Waals surface area contributed by atoms with Gasteiger partial charge in [0, 0.05) is 55.7 Å². The van der Waals surface area contributed by atoms with Gasteiger partial charge in [-0.1, -0.05) is 0 Å². The number of alkyl halides is 3. The Hall–Kier alpha value is -3.02. The number of carbonyl (C=O) groups excluding carboxylic acids is 2. The lowest BCUT2D eigenvalue weighted by Crippen LogP contribution is -2.63. The van der Waals surface area contributed by atoms with Crippen molar-refractivity contribution in [3.05, 3.63) is 23.8 Å². The van der Waals surface area contributed by atoms with Crippen LogP contribution in [0, 0.1) is 17.2 Å². The van der Waals surface area contributed by atoms with Gasteiger partial charge in [0.25, 0.3) is 0 Å². The van der Waals surface area contributed by atoms with E-state index >= 15 is 0 Å². The number of halogens is 3. The number of nitrogens with one attached hydrogen (secondary N) is 3. The van der Waals surface area contributed by atoms with Crippen LogP contribution in [0.4, 0.5) is 13.2 Å². The van der Waals surface area contributed by atoms with Gasteiger partial charge in [0.15, 0.2) is 5.96 Å². The highest BCUT2D eigenvalue weighted by atomic mass is 19.4. The van der Waals surface area contributed by atoms with E-state index < -0.39 is 29.3 Å². The normalized spacial score (nSPS) is 26.5. The van der Waals surface area contributed by atoms with Gasteiger partial charge in [-0.25, -0.2) is 0 Å². The van der Waals surface area contributed by atoms with Gasteiger partial charge in [0.2, 0.25) is 11.8 Å². The highest BCUT2D eigenvalue weighted by Gasteiger charge is 2.53. The molecule has 9 nitrogen and oxygen atoms in total. The van der Waals surface area contributed by atoms with Crippen LogP contribution in [-0.4, -0.2) is 59.9 Å². The third-order valence-corrected chi connectivity index (χ3v) is 7.17. The van der Waals surface area contributed by atoms with Crippen LogP contribution in [0.15, 0.2) is 18.2 Å². The SMILES string of the molecule is COCC[C@@H]([C@@H]1C[C@H]1C(=O)NC1CC(C)(C)Oc2cc(OC(F)(F)F)ccc21)N1C(=N)NC(C)(C)CC1=O. The van der Waals surface area contributed by atoms with Gasteiger partial charge >= 0.3 is 6.36 Å². The van der Waals surface area contributed by atoms with Gasteiger partial charge in [-0.15, -0.1) is 13.2 Å². The largest absolute Gasteiger partial charge is 0.573 e. The van der Waals surface area contributed by atoms with Gasteiger partial charge < -0.3 is 24.8 Å². The van der Waals surface area contributed by atoms with Gasteiger partial charge in [-0.05, 0) is 58.6 Å². The van der Waals surface area contributed by atoms with E-state index in [0.29, 0.717) is 31.4 Å². The van der Waals surface area contributed by atoms with Crippen molar-refractivity contribution in [2.45, 2.75) is 83.0 Å². The molecule has 1 saturated heterocycles. The molecule has 1 aromatic rings. The van der Waals surface area contributed by atoms with Crippen LogP contribution in [-0.2, 0) is 14.3 Å². The molecule has 0 aromatic heterocycles. The summed E-state index contributed by atoms with van der Waals surface area (Å²) in [7, 11) is 1.56. The van der Waals surface area contributed by atoms with E-state index in [9.17, 15) is 22.8 Å². The molecule has 1 aromatic carbocycles. The molecule has 1 aliphatic carbocycles. The molecule has 12 heteroatoms. The van der Waals surface area contributed by atoms with Crippen molar-refractivity contribution in [2.24, 2.45) is 11.8 Å². The molecule has 4 atom stereocenters. The Morgan fingerprint density at radius 3 is 2.66 bits per heavy atom. The predicted octanol–water partition coefficient (Wildman–Crippen LogP) is 3.88. The average molecular weight is 541 g/mol. The number of fused-ring (bicyclic) bond motifs is 1. The standard InChI is InChI=1S/C26H35F3N4O5/c1-24(2)13-21(34)33(23(30)32-24)19(8-9-36-5)16-11-17(16)22(35)31-18-12-25(3,4)38-20-10-14(6-7-15(18)20)37-26(27,28)29/h6-7,10,16-19H,8-9,11-13H2,1-5H3,(H2,30,32)(H,31,35)/t16-,17-,18?,19+/m1/s1. The van der Waals surface area contributed by atoms with Crippen molar-refractivity contribution < 1.29 is 37.0 Å². The lowest BCUT2D eigenvalue weighted by molar-refractivity contribution is -0.274. The zero-order chi connectivity index (χ0) is 28.0. The maximum Gasteiger partial charge on any atom is 0.573 e. The predicted molar refractivity (Wildman–Crippen MR) is 132 cm³/mol. The molecule has 0 bridgehead atoms. The highest BCUT2D eigenvalue weighted by Crippen LogP contribution is 2.47. The third-order valence-electron chi connectivity index (χ3n) is 7.17. The van der Waals surface area contributed by atoms with E-state index in [4.69, 9.17) is 14.9 Å². The molecule has 0 radical (unpaired) electrons. The number of hydrogen-bond donors (Lipinski definition) is 3. The molecule has 2 amide bonds. The van der Waals surface area contributed by atoms with Crippen LogP contribution >= 0.6 is 0 Å². The summed E-state index contributed by atoms with van der Waals surface area (Å²) in [5, 5.41) is 14.6. The van der Waals surface area contributed by atoms with Gasteiger partial charge in [-0.2, -0.15) is 0 Å². The number of guanidine groups is 1. The van der Waals surface area contributed by atoms with Crippen LogP contribution in [0.2, 0.25) is 0 Å². The minimum Gasteiger partial charge on any atom is -0.487 e. The van der Waals surface area contributed by atoms with Crippen molar-refractivity contribution in [1.29, 1.82) is 5.41 Å². The second-order valence-corrected chi connectivity index (χ2v) is 11.5. The Morgan fingerprint density at radius 1 is 1.32 bits per heavy atom. The van der Waals surface area contributed by atoms with Crippen LogP contribution < -0.4 is 20.1 Å². The first-order valence-corrected chi connectivity index (χ1v) is 12.7. The summed E-state index contributed by atoms with van der Waals surface area (Å²) in [4.78, 5) is 27.8. The zero-order valence-electron chi connectivity index (χ0n) is 22.2. The fourth-order valence-electron chi connectivity index (χ4n) is 5.51. The van der Waals surface area contributed by atoms with Gasteiger partial charge in [0.05, 0.1) is 6.04 Å². The monoisotopic (exact) mass is 540 g/mol. The molecule has 2 fully saturated rings. The molecule has 3 N–H and O–H groups in total. The number of hydrogen-bond acceptors (Lipinski definition) is 6. The number of methoxy groups -OCH3 is 1. The Bertz CT molecular complexity index is 1090. The summed E-state index contributed by atoms with van der Waals surface area (Å²) < 4.78 is 53.3. The Labute approximate surface area is 219 Å². The van der Waals surface area contributed by atoms with Gasteiger partial charge in [-0.3, -0.25) is 19.9 Å². The Kier molecular flexibility index (Phi) is 7.32. The van der Waals surface area contributed by atoms with Gasteiger partial charge in [0.1, 0.15) is 17.1 Å². The first-order valence-electron chi connectivity index (χ1n) is 12.7. The zero-order valence-corrected chi connectivity index (χ0v) is 22.2. The van der Waals surface area contributed by atoms with Crippen LogP contribution in [0.1, 0.15) is 65.0 Å². The van der Waals surface area contributed by atoms with E-state index in [2.05, 4.69) is 15.4 Å². The summed E-state index contributed by atoms with van der Waals surface area (Å²) in [5.41, 5.74) is -0.690. The quantitative estimate of drug-likeness (QED) is 0.461. The molecule has 210 valence electrons. The number of nitrogens with zero attached hydrogens (tertiary/aromatic N) is 1. The maximum absolute atomic E-state index is 13.4. The minimum atomic E-state index is -4.83. The van der Waals surface area contributed by atoms with E-state index in [-0.39, 0.29) is 47.8 Å². The molecule has 2 heterocycles. The Morgan fingerprint density at radius 2 is 2.03 bits per heavy atom. The molecule has 1 saturated carbocycles. The van der Waals surface area contributed by atoms with Crippen molar-refractivity contribution in [1.82, 2.24) is 15.5 Å². The molecular formula is C26H35F3N4O5. The molecule has 3 aliphatic rings. The minimum absolute atomic E-state index is 0.0235. The average Bonchev–Trinajstić information content (AvgIpc) is 3.53. The topological polar surface area (TPSA) is 113 Å². The second kappa shape index (κ2) is 9.94. The molecule has 1 unspecified atom stereocenters. The van der Waals surface area contributed by atoms with Crippen molar-refractivity contribution in [3.8, 4) is 11.5 Å². The summed E-state index contributed by atoms with van der Waals surface area (Å²) >= 11 is 0. The van der Waals surface area contributed by atoms with Crippen molar-refractivity contribution in [2.75, 3.05) is 13.7 Å². The number of rotatable bonds is 8. The lowest BCUT2D eigenvalue weighted by Gasteiger charge is -2.42.